The summed E-state index contributed by atoms with van der Waals surface area (Å²) in [6.45, 7) is 0.768. The predicted octanol–water partition coefficient (Wildman–Crippen LogP) is 0.413. The second kappa shape index (κ2) is 8.11. The fraction of sp³-hybridized carbons (Fsp3) is 0.571. The summed E-state index contributed by atoms with van der Waals surface area (Å²) >= 11 is 0. The van der Waals surface area contributed by atoms with Crippen LogP contribution >= 0.6 is 0 Å². The highest BCUT2D eigenvalue weighted by Crippen LogP contribution is 2.24. The predicted molar refractivity (Wildman–Crippen MR) is 77.0 cm³/mol. The number of aromatic nitrogens is 1. The Morgan fingerprint density at radius 2 is 2.17 bits per heavy atom. The van der Waals surface area contributed by atoms with Gasteiger partial charge in [-0.05, 0) is 12.1 Å². The quantitative estimate of drug-likeness (QED) is 0.790. The van der Waals surface area contributed by atoms with Crippen LogP contribution in [0.15, 0.2) is 24.5 Å². The molecule has 2 N–H and O–H groups in total. The van der Waals surface area contributed by atoms with Crippen LogP contribution in [0, 0.1) is 0 Å². The summed E-state index contributed by atoms with van der Waals surface area (Å²) in [5.41, 5.74) is 0. The van der Waals surface area contributed by atoms with Crippen LogP contribution < -0.4 is 15.4 Å². The maximum absolute atomic E-state index is 13.2. The van der Waals surface area contributed by atoms with Gasteiger partial charge in [0.25, 0.3) is 5.91 Å². The summed E-state index contributed by atoms with van der Waals surface area (Å²) in [4.78, 5) is 16.8. The third-order valence-corrected chi connectivity index (χ3v) is 3.47. The summed E-state index contributed by atoms with van der Waals surface area (Å²) in [6, 6.07) is 1.56. The van der Waals surface area contributed by atoms with E-state index in [0.29, 0.717) is 31.9 Å². The molecule has 2 rings (SSSR count). The third kappa shape index (κ3) is 5.68. The van der Waals surface area contributed by atoms with Crippen molar-refractivity contribution in [3.8, 4) is 5.75 Å². The molecule has 0 saturated carbocycles. The molecule has 1 aliphatic rings. The topological polar surface area (TPSA) is 66.5 Å². The van der Waals surface area contributed by atoms with Gasteiger partial charge < -0.3 is 15.4 Å². The van der Waals surface area contributed by atoms with Gasteiger partial charge in [-0.1, -0.05) is 0 Å². The Hall–Kier alpha value is -1.87. The lowest BCUT2D eigenvalue weighted by Crippen LogP contribution is -2.57. The number of alkyl halides is 3. The monoisotopic (exact) mass is 332 g/mol. The van der Waals surface area contributed by atoms with Crippen molar-refractivity contribution in [3.63, 3.8) is 0 Å². The molecule has 0 bridgehead atoms. The summed E-state index contributed by atoms with van der Waals surface area (Å²) < 4.78 is 44.6. The Balaban J connectivity index is 1.81. The first kappa shape index (κ1) is 17.5. The molecular weight excluding hydrogens is 313 g/mol. The minimum Gasteiger partial charge on any atom is -0.482 e. The molecule has 1 atom stereocenters. The maximum Gasteiger partial charge on any atom is 0.405 e. The van der Waals surface area contributed by atoms with E-state index in [1.165, 1.54) is 11.1 Å². The lowest BCUT2D eigenvalue weighted by Gasteiger charge is -2.35. The molecule has 1 fully saturated rings. The lowest BCUT2D eigenvalue weighted by atomic mass is 10.2. The molecule has 0 aromatic carbocycles. The molecule has 9 heteroatoms. The van der Waals surface area contributed by atoms with Gasteiger partial charge in [-0.15, -0.1) is 0 Å². The van der Waals surface area contributed by atoms with Gasteiger partial charge >= 0.3 is 6.18 Å². The van der Waals surface area contributed by atoms with E-state index in [4.69, 9.17) is 4.74 Å². The summed E-state index contributed by atoms with van der Waals surface area (Å²) in [5, 5.41) is 5.29. The van der Waals surface area contributed by atoms with Crippen LogP contribution in [0.5, 0.6) is 5.75 Å². The molecule has 1 amide bonds. The van der Waals surface area contributed by atoms with E-state index < -0.39 is 24.7 Å². The third-order valence-electron chi connectivity index (χ3n) is 3.47. The van der Waals surface area contributed by atoms with Crippen LogP contribution in [-0.4, -0.2) is 67.3 Å². The van der Waals surface area contributed by atoms with E-state index in [-0.39, 0.29) is 6.61 Å². The van der Waals surface area contributed by atoms with Gasteiger partial charge in [0.15, 0.2) is 6.61 Å². The number of piperazine rings is 1. The number of carbonyl (C=O) groups excluding carboxylic acids is 1. The Kier molecular flexibility index (Phi) is 6.17. The van der Waals surface area contributed by atoms with E-state index in [9.17, 15) is 18.0 Å². The molecule has 2 heterocycles. The number of halogens is 3. The normalized spacial score (nSPS) is 17.5. The van der Waals surface area contributed by atoms with E-state index in [0.717, 1.165) is 0 Å². The fourth-order valence-corrected chi connectivity index (χ4v) is 2.29. The molecule has 23 heavy (non-hydrogen) atoms. The second-order valence-corrected chi connectivity index (χ2v) is 5.12. The van der Waals surface area contributed by atoms with Crippen LogP contribution in [0.3, 0.4) is 0 Å². The highest BCUT2D eigenvalue weighted by atomic mass is 19.4. The van der Waals surface area contributed by atoms with Gasteiger partial charge in [0.05, 0.1) is 6.20 Å². The zero-order chi connectivity index (χ0) is 16.7. The van der Waals surface area contributed by atoms with Gasteiger partial charge in [-0.25, -0.2) is 0 Å². The zero-order valence-corrected chi connectivity index (χ0v) is 12.5. The molecule has 1 aromatic heterocycles. The van der Waals surface area contributed by atoms with E-state index in [1.807, 2.05) is 0 Å². The van der Waals surface area contributed by atoms with Crippen LogP contribution in [0.1, 0.15) is 0 Å². The van der Waals surface area contributed by atoms with Crippen molar-refractivity contribution in [2.24, 2.45) is 0 Å². The van der Waals surface area contributed by atoms with Crippen LogP contribution in [0.2, 0.25) is 0 Å². The number of nitrogens with zero attached hydrogens (tertiary/aromatic N) is 2. The maximum atomic E-state index is 13.2. The highest BCUT2D eigenvalue weighted by molar-refractivity contribution is 5.77. The summed E-state index contributed by atoms with van der Waals surface area (Å²) in [7, 11) is 0. The Morgan fingerprint density at radius 1 is 1.43 bits per heavy atom. The Bertz CT molecular complexity index is 493. The standard InChI is InChI=1S/C14H19F3N4O2/c15-14(16,17)12(21-6-4-18-5-7-21)9-20-13(22)10-23-11-2-1-3-19-8-11/h1-3,8,12,18H,4-7,9-10H2,(H,20,22). The summed E-state index contributed by atoms with van der Waals surface area (Å²) in [5.74, 6) is -0.213. The molecule has 0 spiro atoms. The lowest BCUT2D eigenvalue weighted by molar-refractivity contribution is -0.184. The van der Waals surface area contributed by atoms with Crippen molar-refractivity contribution in [1.29, 1.82) is 0 Å². The van der Waals surface area contributed by atoms with Crippen LogP contribution in [0.4, 0.5) is 13.2 Å². The van der Waals surface area contributed by atoms with E-state index in [1.54, 1.807) is 18.3 Å². The number of amides is 1. The fourth-order valence-electron chi connectivity index (χ4n) is 2.29. The first-order valence-corrected chi connectivity index (χ1v) is 7.28. The van der Waals surface area contributed by atoms with Gasteiger partial charge in [0, 0.05) is 38.9 Å². The number of carbonyl (C=O) groups is 1. The summed E-state index contributed by atoms with van der Waals surface area (Å²) in [6.07, 6.45) is -1.42. The number of rotatable bonds is 6. The molecule has 1 aliphatic heterocycles. The largest absolute Gasteiger partial charge is 0.482 e. The highest BCUT2D eigenvalue weighted by Gasteiger charge is 2.43. The molecule has 0 radical (unpaired) electrons. The number of ether oxygens (including phenoxy) is 1. The SMILES string of the molecule is O=C(COc1cccnc1)NCC(N1CCNCC1)C(F)(F)F. The minimum absolute atomic E-state index is 0.298. The van der Waals surface area contributed by atoms with E-state index >= 15 is 0 Å². The van der Waals surface area contributed by atoms with Crippen molar-refractivity contribution < 1.29 is 22.7 Å². The van der Waals surface area contributed by atoms with Crippen molar-refractivity contribution in [1.82, 2.24) is 20.5 Å². The molecule has 1 saturated heterocycles. The van der Waals surface area contributed by atoms with Gasteiger partial charge in [-0.3, -0.25) is 14.7 Å². The molecule has 1 unspecified atom stereocenters. The van der Waals surface area contributed by atoms with Gasteiger partial charge in [-0.2, -0.15) is 13.2 Å². The number of pyridine rings is 1. The first-order chi connectivity index (χ1) is 11.0. The van der Waals surface area contributed by atoms with E-state index in [2.05, 4.69) is 15.6 Å². The van der Waals surface area contributed by atoms with Gasteiger partial charge in [0.1, 0.15) is 11.8 Å². The minimum atomic E-state index is -4.39. The van der Waals surface area contributed by atoms with Crippen molar-refractivity contribution in [2.75, 3.05) is 39.3 Å². The molecular formula is C14H19F3N4O2. The van der Waals surface area contributed by atoms with Crippen molar-refractivity contribution >= 4 is 5.91 Å². The number of nitrogens with one attached hydrogen (secondary N) is 2. The second-order valence-electron chi connectivity index (χ2n) is 5.12. The van der Waals surface area contributed by atoms with Crippen LogP contribution in [0.25, 0.3) is 0 Å². The molecule has 128 valence electrons. The number of hydrogen-bond acceptors (Lipinski definition) is 5. The first-order valence-electron chi connectivity index (χ1n) is 7.28. The average molecular weight is 332 g/mol. The van der Waals surface area contributed by atoms with Crippen LogP contribution in [-0.2, 0) is 4.79 Å². The average Bonchev–Trinajstić information content (AvgIpc) is 2.54. The Labute approximate surface area is 132 Å². The van der Waals surface area contributed by atoms with Crippen molar-refractivity contribution in [2.45, 2.75) is 12.2 Å². The van der Waals surface area contributed by atoms with Crippen molar-refractivity contribution in [3.05, 3.63) is 24.5 Å². The molecule has 6 nitrogen and oxygen atoms in total. The van der Waals surface area contributed by atoms with Gasteiger partial charge in [0.2, 0.25) is 0 Å². The Morgan fingerprint density at radius 3 is 2.78 bits per heavy atom. The number of hydrogen-bond donors (Lipinski definition) is 2. The smallest absolute Gasteiger partial charge is 0.405 e. The molecule has 0 aliphatic carbocycles. The zero-order valence-electron chi connectivity index (χ0n) is 12.5. The molecule has 1 aromatic rings.